The van der Waals surface area contributed by atoms with Gasteiger partial charge in [0.25, 0.3) is 0 Å². The van der Waals surface area contributed by atoms with Crippen LogP contribution in [0.2, 0.25) is 5.02 Å². The third kappa shape index (κ3) is 7.03. The number of anilines is 1. The average Bonchev–Trinajstić information content (AvgIpc) is 3.45. The van der Waals surface area contributed by atoms with Crippen molar-refractivity contribution in [3.63, 3.8) is 0 Å². The summed E-state index contributed by atoms with van der Waals surface area (Å²) >= 11 is 5.77. The third-order valence-electron chi connectivity index (χ3n) is 5.80. The van der Waals surface area contributed by atoms with Crippen LogP contribution < -0.4 is 14.8 Å². The Kier molecular flexibility index (Phi) is 8.60. The van der Waals surface area contributed by atoms with Crippen LogP contribution in [0.5, 0.6) is 5.75 Å². The Morgan fingerprint density at radius 3 is 2.75 bits per heavy atom. The minimum Gasteiger partial charge on any atom is -0.404 e. The standard InChI is InChI=1S/C22H21ClF4N6O6S/c1-28-40(36,37)39-17-7-15(18(24)20(17)35)31-21-12(8-29-10-30-21)19(34)14-4-5-33(32-14)9-11-2-3-13(23)16(6-11)38-22(25,26)27/h2-6,8,10,15,17-18,20,28,35H,7,9H2,1H3,(H,29,30,31)/t15-,17-,18-,20-/m1/s1. The summed E-state index contributed by atoms with van der Waals surface area (Å²) in [7, 11) is -3.11. The van der Waals surface area contributed by atoms with Crippen LogP contribution in [0.25, 0.3) is 0 Å². The van der Waals surface area contributed by atoms with Gasteiger partial charge >= 0.3 is 16.7 Å². The molecule has 2 aromatic heterocycles. The molecule has 1 aliphatic rings. The number of nitrogens with one attached hydrogen (secondary N) is 2. The van der Waals surface area contributed by atoms with Crippen LogP contribution in [0, 0.1) is 0 Å². The Bertz CT molecular complexity index is 1490. The van der Waals surface area contributed by atoms with Crippen LogP contribution >= 0.6 is 11.6 Å². The highest BCUT2D eigenvalue weighted by Crippen LogP contribution is 2.32. The van der Waals surface area contributed by atoms with E-state index >= 15 is 0 Å². The molecule has 1 saturated carbocycles. The fraction of sp³-hybridized carbons (Fsp3) is 0.364. The number of ketones is 1. The smallest absolute Gasteiger partial charge is 0.404 e. The van der Waals surface area contributed by atoms with E-state index in [-0.39, 0.29) is 35.1 Å². The maximum absolute atomic E-state index is 14.8. The van der Waals surface area contributed by atoms with Gasteiger partial charge in [-0.1, -0.05) is 17.7 Å². The molecule has 2 heterocycles. The number of aliphatic hydroxyl groups excluding tert-OH is 1. The highest BCUT2D eigenvalue weighted by Gasteiger charge is 2.46. The summed E-state index contributed by atoms with van der Waals surface area (Å²) in [6.07, 6.45) is -6.65. The summed E-state index contributed by atoms with van der Waals surface area (Å²) in [5, 5.41) is 16.7. The van der Waals surface area contributed by atoms with Crippen LogP contribution in [-0.2, 0) is 21.0 Å². The first-order valence-electron chi connectivity index (χ1n) is 11.4. The minimum absolute atomic E-state index is 0.0323. The maximum Gasteiger partial charge on any atom is 0.573 e. The highest BCUT2D eigenvalue weighted by molar-refractivity contribution is 7.84. The number of carbonyl (C=O) groups is 1. The molecule has 1 fully saturated rings. The molecule has 4 rings (SSSR count). The van der Waals surface area contributed by atoms with Gasteiger partial charge in [-0.15, -0.1) is 13.2 Å². The molecule has 0 unspecified atom stereocenters. The highest BCUT2D eigenvalue weighted by atomic mass is 35.5. The Hall–Kier alpha value is -3.38. The zero-order valence-corrected chi connectivity index (χ0v) is 21.9. The number of carbonyl (C=O) groups excluding carboxylic acids is 1. The first-order chi connectivity index (χ1) is 18.8. The average molecular weight is 609 g/mol. The maximum atomic E-state index is 14.8. The van der Waals surface area contributed by atoms with E-state index in [9.17, 15) is 35.9 Å². The van der Waals surface area contributed by atoms with Crippen molar-refractivity contribution < 1.29 is 44.8 Å². The quantitative estimate of drug-likeness (QED) is 0.230. The van der Waals surface area contributed by atoms with E-state index in [0.29, 0.717) is 5.56 Å². The molecule has 4 atom stereocenters. The molecular formula is C22H21ClF4N6O6S. The molecule has 40 heavy (non-hydrogen) atoms. The van der Waals surface area contributed by atoms with Crippen molar-refractivity contribution in [2.45, 2.75) is 43.7 Å². The lowest BCUT2D eigenvalue weighted by molar-refractivity contribution is -0.274. The summed E-state index contributed by atoms with van der Waals surface area (Å²) in [6, 6.07) is 3.97. The van der Waals surface area contributed by atoms with Crippen molar-refractivity contribution in [2.75, 3.05) is 12.4 Å². The molecule has 216 valence electrons. The number of benzene rings is 1. The molecule has 12 nitrogen and oxygen atoms in total. The molecule has 0 radical (unpaired) electrons. The van der Waals surface area contributed by atoms with E-state index in [2.05, 4.69) is 25.1 Å². The van der Waals surface area contributed by atoms with Crippen molar-refractivity contribution in [3.8, 4) is 5.75 Å². The number of aromatic nitrogens is 4. The summed E-state index contributed by atoms with van der Waals surface area (Å²) < 4.78 is 87.8. The first-order valence-corrected chi connectivity index (χ1v) is 13.2. The summed E-state index contributed by atoms with van der Waals surface area (Å²) in [4.78, 5) is 21.0. The summed E-state index contributed by atoms with van der Waals surface area (Å²) in [5.41, 5.74) is 0.166. The van der Waals surface area contributed by atoms with Gasteiger partial charge in [0.1, 0.15) is 42.0 Å². The number of aliphatic hydroxyl groups is 1. The summed E-state index contributed by atoms with van der Waals surface area (Å²) in [5.74, 6) is -1.36. The molecular weight excluding hydrogens is 588 g/mol. The second-order valence-electron chi connectivity index (χ2n) is 8.54. The fourth-order valence-electron chi connectivity index (χ4n) is 3.94. The van der Waals surface area contributed by atoms with E-state index in [0.717, 1.165) is 25.6 Å². The molecule has 3 aromatic rings. The lowest BCUT2D eigenvalue weighted by Gasteiger charge is -2.17. The van der Waals surface area contributed by atoms with E-state index in [1.807, 2.05) is 4.72 Å². The number of hydrogen-bond acceptors (Lipinski definition) is 10. The Labute approximate surface area is 229 Å². The van der Waals surface area contributed by atoms with E-state index in [4.69, 9.17) is 15.8 Å². The second kappa shape index (κ2) is 11.6. The first kappa shape index (κ1) is 29.6. The molecule has 0 saturated heterocycles. The molecule has 1 aromatic carbocycles. The molecule has 0 bridgehead atoms. The Morgan fingerprint density at radius 2 is 2.05 bits per heavy atom. The molecule has 3 N–H and O–H groups in total. The van der Waals surface area contributed by atoms with Crippen molar-refractivity contribution >= 4 is 33.5 Å². The predicted molar refractivity (Wildman–Crippen MR) is 131 cm³/mol. The number of nitrogens with zero attached hydrogens (tertiary/aromatic N) is 4. The van der Waals surface area contributed by atoms with Crippen molar-refractivity contribution in [3.05, 3.63) is 64.8 Å². The molecule has 18 heteroatoms. The monoisotopic (exact) mass is 608 g/mol. The molecule has 0 aliphatic heterocycles. The van der Waals surface area contributed by atoms with Gasteiger partial charge in [0.2, 0.25) is 5.78 Å². The van der Waals surface area contributed by atoms with Crippen molar-refractivity contribution in [1.29, 1.82) is 0 Å². The van der Waals surface area contributed by atoms with Crippen LogP contribution in [0.15, 0.2) is 43.0 Å². The van der Waals surface area contributed by atoms with Gasteiger partial charge in [-0.05, 0) is 23.8 Å². The van der Waals surface area contributed by atoms with E-state index < -0.39 is 52.6 Å². The van der Waals surface area contributed by atoms with E-state index in [1.54, 1.807) is 0 Å². The molecule has 0 spiro atoms. The van der Waals surface area contributed by atoms with Gasteiger partial charge in [0, 0.05) is 25.9 Å². The molecule has 0 amide bonds. The van der Waals surface area contributed by atoms with Crippen molar-refractivity contribution in [1.82, 2.24) is 24.5 Å². The van der Waals surface area contributed by atoms with Gasteiger partial charge in [-0.3, -0.25) is 13.7 Å². The van der Waals surface area contributed by atoms with Crippen LogP contribution in [0.4, 0.5) is 23.4 Å². The Balaban J connectivity index is 1.49. The van der Waals surface area contributed by atoms with Gasteiger partial charge in [-0.25, -0.2) is 14.4 Å². The number of ether oxygens (including phenoxy) is 1. The number of rotatable bonds is 10. The normalized spacial score (nSPS) is 21.4. The van der Waals surface area contributed by atoms with Crippen LogP contribution in [0.1, 0.15) is 28.0 Å². The van der Waals surface area contributed by atoms with Gasteiger partial charge < -0.3 is 15.2 Å². The van der Waals surface area contributed by atoms with Gasteiger partial charge in [0.05, 0.1) is 23.2 Å². The van der Waals surface area contributed by atoms with Crippen molar-refractivity contribution in [2.24, 2.45) is 0 Å². The van der Waals surface area contributed by atoms with Crippen LogP contribution in [0.3, 0.4) is 0 Å². The van der Waals surface area contributed by atoms with E-state index in [1.165, 1.54) is 29.1 Å². The lowest BCUT2D eigenvalue weighted by Crippen LogP contribution is -2.35. The topological polar surface area (TPSA) is 158 Å². The SMILES string of the molecule is CNS(=O)(=O)O[C@@H]1C[C@@H](Nc2ncncc2C(=O)c2ccn(Cc3ccc(Cl)c(OC(F)(F)F)c3)n2)[C@@H](F)[C@@H]1O. The lowest BCUT2D eigenvalue weighted by atomic mass is 10.1. The predicted octanol–water partition coefficient (Wildman–Crippen LogP) is 2.24. The number of hydrogen-bond donors (Lipinski definition) is 3. The van der Waals surface area contributed by atoms with Crippen LogP contribution in [-0.4, -0.2) is 76.9 Å². The largest absolute Gasteiger partial charge is 0.573 e. The number of alkyl halides is 4. The Morgan fingerprint density at radius 1 is 1.30 bits per heavy atom. The van der Waals surface area contributed by atoms with Gasteiger partial charge in [-0.2, -0.15) is 18.2 Å². The van der Waals surface area contributed by atoms with Gasteiger partial charge in [0.15, 0.2) is 0 Å². The minimum atomic E-state index is -4.94. The fourth-order valence-corrected chi connectivity index (χ4v) is 4.71. The number of halogens is 5. The second-order valence-corrected chi connectivity index (χ2v) is 10.5. The molecule has 1 aliphatic carbocycles. The zero-order valence-electron chi connectivity index (χ0n) is 20.3. The zero-order chi connectivity index (χ0) is 29.2. The third-order valence-corrected chi connectivity index (χ3v) is 7.11. The summed E-state index contributed by atoms with van der Waals surface area (Å²) in [6.45, 7) is -0.0323.